The minimum atomic E-state index is -2.43. The first-order chi connectivity index (χ1) is 12.0. The number of amides is 1. The average molecular weight is 358 g/mol. The van der Waals surface area contributed by atoms with Crippen molar-refractivity contribution in [1.82, 2.24) is 10.2 Å². The van der Waals surface area contributed by atoms with E-state index >= 15 is 0 Å². The highest BCUT2D eigenvalue weighted by molar-refractivity contribution is 7.51. The van der Waals surface area contributed by atoms with Gasteiger partial charge in [0.15, 0.2) is 0 Å². The molecule has 1 unspecified atom stereocenters. The molecule has 0 saturated carbocycles. The van der Waals surface area contributed by atoms with Gasteiger partial charge in [0.1, 0.15) is 0 Å². The van der Waals surface area contributed by atoms with E-state index in [0.29, 0.717) is 18.9 Å². The van der Waals surface area contributed by atoms with Crippen molar-refractivity contribution in [2.75, 3.05) is 0 Å². The van der Waals surface area contributed by atoms with E-state index in [-0.39, 0.29) is 5.91 Å². The maximum absolute atomic E-state index is 13.1. The van der Waals surface area contributed by atoms with Gasteiger partial charge in [-0.1, -0.05) is 62.4 Å². The lowest BCUT2D eigenvalue weighted by Crippen LogP contribution is -2.39. The molecule has 0 fully saturated rings. The molecule has 0 aromatic heterocycles. The van der Waals surface area contributed by atoms with Crippen molar-refractivity contribution in [2.24, 2.45) is 5.92 Å². The number of hydrogen-bond acceptors (Lipinski definition) is 3. The molecule has 0 aliphatic heterocycles. The van der Waals surface area contributed by atoms with Gasteiger partial charge in [0, 0.05) is 18.3 Å². The van der Waals surface area contributed by atoms with Crippen molar-refractivity contribution >= 4 is 19.2 Å². The summed E-state index contributed by atoms with van der Waals surface area (Å²) in [5, 5.41) is 0.728. The van der Waals surface area contributed by atoms with E-state index in [1.807, 2.05) is 61.5 Å². The average Bonchev–Trinajstić information content (AvgIpc) is 2.61. The molecule has 4 nitrogen and oxygen atoms in total. The molecule has 0 spiro atoms. The van der Waals surface area contributed by atoms with Gasteiger partial charge < -0.3 is 0 Å². The summed E-state index contributed by atoms with van der Waals surface area (Å²) in [6.07, 6.45) is 1.17. The second kappa shape index (κ2) is 9.55. The molecule has 1 atom stereocenters. The quantitative estimate of drug-likeness (QED) is 0.572. The summed E-state index contributed by atoms with van der Waals surface area (Å²) in [6, 6.07) is 17.3. The number of rotatable bonds is 8. The van der Waals surface area contributed by atoms with E-state index in [1.165, 1.54) is 4.78 Å². The van der Waals surface area contributed by atoms with Crippen LogP contribution in [-0.2, 0) is 15.9 Å². The zero-order chi connectivity index (χ0) is 18.2. The molecule has 0 aliphatic rings. The van der Waals surface area contributed by atoms with Gasteiger partial charge in [0.2, 0.25) is 13.9 Å². The number of aryl methyl sites for hydroxylation is 1. The van der Waals surface area contributed by atoms with Gasteiger partial charge in [-0.05, 0) is 36.5 Å². The Balaban J connectivity index is 2.17. The maximum Gasteiger partial charge on any atom is 0.242 e. The molecule has 0 radical (unpaired) electrons. The van der Waals surface area contributed by atoms with Crippen molar-refractivity contribution in [3.8, 4) is 0 Å². The molecule has 1 N–H and O–H groups in total. The van der Waals surface area contributed by atoms with E-state index in [0.717, 1.165) is 22.9 Å². The van der Waals surface area contributed by atoms with Gasteiger partial charge in [0.05, 0.1) is 0 Å². The highest BCUT2D eigenvalue weighted by Crippen LogP contribution is 2.27. The van der Waals surface area contributed by atoms with E-state index in [2.05, 4.69) is 19.3 Å². The normalized spacial score (nSPS) is 12.2. The number of nitrogens with one attached hydrogen (secondary N) is 1. The van der Waals surface area contributed by atoms with Crippen molar-refractivity contribution in [3.63, 3.8) is 0 Å². The molecule has 25 heavy (non-hydrogen) atoms. The molecule has 0 bridgehead atoms. The standard InChI is InChI=1S/C20H27N2O2P/c1-16(2)13-14-20(23)22(21-15-18-10-5-4-6-11-18)25(24)19-12-8-7-9-17(19)3/h4-12,16,21,25H,13-15H2,1-3H3. The fraction of sp³-hybridized carbons (Fsp3) is 0.350. The van der Waals surface area contributed by atoms with Crippen LogP contribution in [0.3, 0.4) is 0 Å². The summed E-state index contributed by atoms with van der Waals surface area (Å²) in [7, 11) is -2.43. The SMILES string of the molecule is Cc1ccccc1[PH](=O)N(NCc1ccccc1)C(=O)CCC(C)C. The van der Waals surface area contributed by atoms with Crippen molar-refractivity contribution in [3.05, 3.63) is 65.7 Å². The summed E-state index contributed by atoms with van der Waals surface area (Å²) in [5.41, 5.74) is 5.09. The van der Waals surface area contributed by atoms with E-state index < -0.39 is 7.95 Å². The van der Waals surface area contributed by atoms with Crippen LogP contribution in [0.5, 0.6) is 0 Å². The predicted molar refractivity (Wildman–Crippen MR) is 104 cm³/mol. The summed E-state index contributed by atoms with van der Waals surface area (Å²) in [5.74, 6) is 0.317. The first kappa shape index (κ1) is 19.4. The highest BCUT2D eigenvalue weighted by Gasteiger charge is 2.22. The lowest BCUT2D eigenvalue weighted by Gasteiger charge is -2.24. The number of hydrazine groups is 1. The molecular formula is C20H27N2O2P. The Labute approximate surface area is 151 Å². The number of benzene rings is 2. The summed E-state index contributed by atoms with van der Waals surface area (Å²) in [6.45, 7) is 6.56. The van der Waals surface area contributed by atoms with Crippen LogP contribution in [0.15, 0.2) is 54.6 Å². The maximum atomic E-state index is 13.1. The summed E-state index contributed by atoms with van der Waals surface area (Å²) in [4.78, 5) is 12.7. The Bertz CT molecular complexity index is 717. The Hall–Kier alpha value is -1.90. The van der Waals surface area contributed by atoms with E-state index in [1.54, 1.807) is 0 Å². The predicted octanol–water partition coefficient (Wildman–Crippen LogP) is 4.06. The van der Waals surface area contributed by atoms with Crippen LogP contribution in [0, 0.1) is 12.8 Å². The first-order valence-corrected chi connectivity index (χ1v) is 10.0. The Kier molecular flexibility index (Phi) is 7.42. The third-order valence-corrected chi connectivity index (χ3v) is 5.88. The smallest absolute Gasteiger partial charge is 0.242 e. The molecule has 0 saturated heterocycles. The molecular weight excluding hydrogens is 331 g/mol. The summed E-state index contributed by atoms with van der Waals surface area (Å²) < 4.78 is 14.5. The molecule has 0 heterocycles. The van der Waals surface area contributed by atoms with Gasteiger partial charge in [-0.15, -0.1) is 0 Å². The van der Waals surface area contributed by atoms with Crippen molar-refractivity contribution in [2.45, 2.75) is 40.2 Å². The number of hydrogen-bond donors (Lipinski definition) is 1. The number of carbonyl (C=O) groups is 1. The fourth-order valence-corrected chi connectivity index (χ4v) is 3.96. The van der Waals surface area contributed by atoms with E-state index in [4.69, 9.17) is 0 Å². The molecule has 5 heteroatoms. The number of carbonyl (C=O) groups excluding carboxylic acids is 1. The lowest BCUT2D eigenvalue weighted by molar-refractivity contribution is -0.128. The zero-order valence-electron chi connectivity index (χ0n) is 15.2. The van der Waals surface area contributed by atoms with Gasteiger partial charge in [-0.2, -0.15) is 0 Å². The van der Waals surface area contributed by atoms with Crippen LogP contribution >= 0.6 is 7.95 Å². The molecule has 2 aromatic rings. The van der Waals surface area contributed by atoms with Crippen LogP contribution in [-0.4, -0.2) is 10.7 Å². The minimum Gasteiger partial charge on any atom is -0.297 e. The van der Waals surface area contributed by atoms with Crippen molar-refractivity contribution in [1.29, 1.82) is 0 Å². The monoisotopic (exact) mass is 358 g/mol. The van der Waals surface area contributed by atoms with Gasteiger partial charge in [-0.25, -0.2) is 10.2 Å². The van der Waals surface area contributed by atoms with Gasteiger partial charge in [-0.3, -0.25) is 9.36 Å². The molecule has 2 aromatic carbocycles. The molecule has 0 aliphatic carbocycles. The zero-order valence-corrected chi connectivity index (χ0v) is 16.2. The summed E-state index contributed by atoms with van der Waals surface area (Å²) >= 11 is 0. The van der Waals surface area contributed by atoms with Gasteiger partial charge >= 0.3 is 0 Å². The van der Waals surface area contributed by atoms with Crippen LogP contribution in [0.2, 0.25) is 0 Å². The van der Waals surface area contributed by atoms with Gasteiger partial charge in [0.25, 0.3) is 0 Å². The largest absolute Gasteiger partial charge is 0.297 e. The van der Waals surface area contributed by atoms with E-state index in [9.17, 15) is 9.36 Å². The third-order valence-electron chi connectivity index (χ3n) is 4.05. The topological polar surface area (TPSA) is 49.4 Å². The molecule has 2 rings (SSSR count). The second-order valence-electron chi connectivity index (χ2n) is 6.60. The number of nitrogens with zero attached hydrogens (tertiary/aromatic N) is 1. The fourth-order valence-electron chi connectivity index (χ4n) is 2.50. The van der Waals surface area contributed by atoms with Crippen LogP contribution in [0.4, 0.5) is 0 Å². The van der Waals surface area contributed by atoms with Crippen LogP contribution < -0.4 is 10.7 Å². The first-order valence-electron chi connectivity index (χ1n) is 8.69. The van der Waals surface area contributed by atoms with Crippen LogP contribution in [0.25, 0.3) is 0 Å². The Morgan fingerprint density at radius 3 is 2.36 bits per heavy atom. The Morgan fingerprint density at radius 2 is 1.72 bits per heavy atom. The lowest BCUT2D eigenvalue weighted by atomic mass is 10.1. The highest BCUT2D eigenvalue weighted by atomic mass is 31.1. The minimum absolute atomic E-state index is 0.114. The third kappa shape index (κ3) is 5.84. The van der Waals surface area contributed by atoms with Crippen molar-refractivity contribution < 1.29 is 9.36 Å². The Morgan fingerprint density at radius 1 is 1.08 bits per heavy atom. The molecule has 134 valence electrons. The second-order valence-corrected chi connectivity index (χ2v) is 8.20. The van der Waals surface area contributed by atoms with Crippen LogP contribution in [0.1, 0.15) is 37.8 Å². The molecule has 1 amide bonds.